The highest BCUT2D eigenvalue weighted by Crippen LogP contribution is 2.30. The van der Waals surface area contributed by atoms with Gasteiger partial charge in [-0.1, -0.05) is 49.4 Å². The molecule has 0 saturated carbocycles. The van der Waals surface area contributed by atoms with Crippen molar-refractivity contribution in [2.75, 3.05) is 13.1 Å². The molecule has 1 fully saturated rings. The first kappa shape index (κ1) is 30.5. The van der Waals surface area contributed by atoms with Crippen molar-refractivity contribution in [3.8, 4) is 11.3 Å². The number of carbonyl (C=O) groups excluding carboxylic acids is 2. The predicted molar refractivity (Wildman–Crippen MR) is 168 cm³/mol. The molecule has 0 unspecified atom stereocenters. The largest absolute Gasteiger partial charge is 0.444 e. The Hall–Kier alpha value is -4.51. The highest BCUT2D eigenvalue weighted by atomic mass is 16.6. The maximum atomic E-state index is 13.4. The minimum absolute atomic E-state index is 0.0688. The Balaban J connectivity index is 1.11. The van der Waals surface area contributed by atoms with Gasteiger partial charge in [0.1, 0.15) is 11.9 Å². The number of piperidine rings is 1. The van der Waals surface area contributed by atoms with Gasteiger partial charge in [-0.15, -0.1) is 0 Å². The lowest BCUT2D eigenvalue weighted by Gasteiger charge is -2.38. The Morgan fingerprint density at radius 3 is 2.44 bits per heavy atom. The molecule has 1 atom stereocenters. The number of fused-ring (bicyclic) bond motifs is 2. The molecular formula is C34H40N6O5. The van der Waals surface area contributed by atoms with Gasteiger partial charge in [-0.3, -0.25) is 19.1 Å². The number of imidazole rings is 1. The molecule has 236 valence electrons. The number of amides is 2. The maximum absolute atomic E-state index is 13.4. The second-order valence-corrected chi connectivity index (χ2v) is 13.4. The number of nitrogens with zero attached hydrogens (tertiary/aromatic N) is 6. The van der Waals surface area contributed by atoms with Crippen LogP contribution in [0, 0.1) is 0 Å². The van der Waals surface area contributed by atoms with Gasteiger partial charge in [0.05, 0.1) is 24.0 Å². The number of aliphatic hydroxyl groups is 1. The predicted octanol–water partition coefficient (Wildman–Crippen LogP) is 4.36. The first-order chi connectivity index (χ1) is 21.4. The Labute approximate surface area is 262 Å². The molecule has 4 heterocycles. The Morgan fingerprint density at radius 1 is 1.02 bits per heavy atom. The zero-order valence-corrected chi connectivity index (χ0v) is 26.3. The minimum Gasteiger partial charge on any atom is -0.444 e. The SMILES string of the molecule is C[C@H](CC(=O)N1CCC(O)(Cn2cnn3c(-c4ccc5c(c4)CN(C(=O)OC(C)(C)C)C5)cnc3c2=O)CC1)c1ccccc1. The Morgan fingerprint density at radius 2 is 1.73 bits per heavy atom. The van der Waals surface area contributed by atoms with Crippen LogP contribution < -0.4 is 5.56 Å². The summed E-state index contributed by atoms with van der Waals surface area (Å²) in [6, 6.07) is 15.9. The molecule has 2 aromatic carbocycles. The van der Waals surface area contributed by atoms with Crippen LogP contribution in [-0.4, -0.2) is 70.4 Å². The van der Waals surface area contributed by atoms with Crippen LogP contribution in [0.2, 0.25) is 0 Å². The van der Waals surface area contributed by atoms with Crippen molar-refractivity contribution >= 4 is 17.6 Å². The fraction of sp³-hybridized carbons (Fsp3) is 0.441. The Bertz CT molecular complexity index is 1780. The fourth-order valence-corrected chi connectivity index (χ4v) is 6.16. The van der Waals surface area contributed by atoms with E-state index in [0.717, 1.165) is 22.3 Å². The summed E-state index contributed by atoms with van der Waals surface area (Å²) in [7, 11) is 0. The first-order valence-corrected chi connectivity index (χ1v) is 15.5. The number of carbonyl (C=O) groups is 2. The van der Waals surface area contributed by atoms with Crippen LogP contribution in [-0.2, 0) is 29.2 Å². The molecule has 0 bridgehead atoms. The van der Waals surface area contributed by atoms with E-state index in [4.69, 9.17) is 4.74 Å². The normalized spacial score (nSPS) is 16.9. The van der Waals surface area contributed by atoms with E-state index in [1.54, 1.807) is 11.1 Å². The summed E-state index contributed by atoms with van der Waals surface area (Å²) in [5, 5.41) is 15.9. The van der Waals surface area contributed by atoms with Gasteiger partial charge in [0.2, 0.25) is 11.6 Å². The van der Waals surface area contributed by atoms with E-state index in [0.29, 0.717) is 51.1 Å². The summed E-state index contributed by atoms with van der Waals surface area (Å²) in [5.74, 6) is 0.182. The summed E-state index contributed by atoms with van der Waals surface area (Å²) in [6.45, 7) is 9.42. The lowest BCUT2D eigenvalue weighted by atomic mass is 9.90. The third kappa shape index (κ3) is 6.49. The van der Waals surface area contributed by atoms with Gasteiger partial charge in [-0.05, 0) is 62.3 Å². The van der Waals surface area contributed by atoms with Crippen LogP contribution in [0.25, 0.3) is 16.9 Å². The van der Waals surface area contributed by atoms with Crippen LogP contribution in [0.15, 0.2) is 65.8 Å². The van der Waals surface area contributed by atoms with E-state index in [1.807, 2.05) is 74.2 Å². The first-order valence-electron chi connectivity index (χ1n) is 15.5. The molecule has 11 nitrogen and oxygen atoms in total. The molecule has 2 aliphatic heterocycles. The molecule has 0 radical (unpaired) electrons. The van der Waals surface area contributed by atoms with Crippen LogP contribution in [0.1, 0.15) is 69.6 Å². The van der Waals surface area contributed by atoms with Gasteiger partial charge >= 0.3 is 6.09 Å². The van der Waals surface area contributed by atoms with Crippen molar-refractivity contribution in [1.29, 1.82) is 0 Å². The number of rotatable bonds is 6. The molecule has 45 heavy (non-hydrogen) atoms. The number of hydrogen-bond donors (Lipinski definition) is 1. The van der Waals surface area contributed by atoms with E-state index >= 15 is 0 Å². The lowest BCUT2D eigenvalue weighted by Crippen LogP contribution is -2.50. The molecule has 6 rings (SSSR count). The molecule has 1 saturated heterocycles. The topological polar surface area (TPSA) is 122 Å². The molecule has 2 amide bonds. The standard InChI is InChI=1S/C34H40N6O5/c1-23(24-8-6-5-7-9-24)16-29(41)37-14-12-34(44,13-15-37)21-39-22-36-40-28(18-35-30(40)31(39)42)25-10-11-26-19-38(20-27(26)17-25)32(43)45-33(2,3)4/h5-11,17-18,22-23,44H,12-16,19-21H2,1-4H3/t23-/m1/s1. The number of ether oxygens (including phenoxy) is 1. The summed E-state index contributed by atoms with van der Waals surface area (Å²) in [6.07, 6.45) is 3.85. The third-order valence-corrected chi connectivity index (χ3v) is 8.73. The molecule has 2 aromatic heterocycles. The van der Waals surface area contributed by atoms with Crippen LogP contribution in [0.4, 0.5) is 4.79 Å². The van der Waals surface area contributed by atoms with Gasteiger partial charge in [0, 0.05) is 38.2 Å². The van der Waals surface area contributed by atoms with Gasteiger partial charge < -0.3 is 14.7 Å². The van der Waals surface area contributed by atoms with Crippen molar-refractivity contribution in [3.05, 3.63) is 88.1 Å². The van der Waals surface area contributed by atoms with Gasteiger partial charge in [-0.25, -0.2) is 14.3 Å². The number of likely N-dealkylation sites (tertiary alicyclic amines) is 1. The quantitative estimate of drug-likeness (QED) is 0.343. The zero-order valence-electron chi connectivity index (χ0n) is 26.3. The van der Waals surface area contributed by atoms with E-state index in [1.165, 1.54) is 15.4 Å². The van der Waals surface area contributed by atoms with Gasteiger partial charge in [0.25, 0.3) is 5.56 Å². The number of hydrogen-bond acceptors (Lipinski definition) is 7. The summed E-state index contributed by atoms with van der Waals surface area (Å²) >= 11 is 0. The summed E-state index contributed by atoms with van der Waals surface area (Å²) in [4.78, 5) is 46.9. The Kier molecular flexibility index (Phi) is 7.98. The molecule has 0 aliphatic carbocycles. The van der Waals surface area contributed by atoms with Crippen LogP contribution in [0.3, 0.4) is 0 Å². The monoisotopic (exact) mass is 612 g/mol. The van der Waals surface area contributed by atoms with E-state index < -0.39 is 11.2 Å². The van der Waals surface area contributed by atoms with Crippen molar-refractivity contribution in [2.24, 2.45) is 0 Å². The van der Waals surface area contributed by atoms with Crippen molar-refractivity contribution < 1.29 is 19.4 Å². The molecule has 2 aliphatic rings. The molecule has 1 N–H and O–H groups in total. The molecule has 11 heteroatoms. The van der Waals surface area contributed by atoms with Gasteiger partial charge in [-0.2, -0.15) is 5.10 Å². The number of aromatic nitrogens is 4. The molecular weight excluding hydrogens is 572 g/mol. The van der Waals surface area contributed by atoms with E-state index in [2.05, 4.69) is 17.0 Å². The van der Waals surface area contributed by atoms with E-state index in [-0.39, 0.29) is 35.7 Å². The lowest BCUT2D eigenvalue weighted by molar-refractivity contribution is -0.136. The van der Waals surface area contributed by atoms with Crippen LogP contribution >= 0.6 is 0 Å². The fourth-order valence-electron chi connectivity index (χ4n) is 6.16. The van der Waals surface area contributed by atoms with E-state index in [9.17, 15) is 19.5 Å². The second-order valence-electron chi connectivity index (χ2n) is 13.4. The minimum atomic E-state index is -1.14. The highest BCUT2D eigenvalue weighted by Gasteiger charge is 2.35. The van der Waals surface area contributed by atoms with Gasteiger partial charge in [0.15, 0.2) is 0 Å². The zero-order chi connectivity index (χ0) is 31.9. The van der Waals surface area contributed by atoms with Crippen molar-refractivity contribution in [2.45, 2.75) is 83.7 Å². The number of benzene rings is 2. The molecule has 4 aromatic rings. The van der Waals surface area contributed by atoms with Crippen LogP contribution in [0.5, 0.6) is 0 Å². The average Bonchev–Trinajstić information content (AvgIpc) is 3.63. The van der Waals surface area contributed by atoms with Crippen molar-refractivity contribution in [1.82, 2.24) is 29.0 Å². The smallest absolute Gasteiger partial charge is 0.410 e. The third-order valence-electron chi connectivity index (χ3n) is 8.73. The summed E-state index contributed by atoms with van der Waals surface area (Å²) < 4.78 is 8.45. The van der Waals surface area contributed by atoms with Crippen molar-refractivity contribution in [3.63, 3.8) is 0 Å². The second kappa shape index (κ2) is 11.8. The molecule has 0 spiro atoms. The highest BCUT2D eigenvalue weighted by molar-refractivity contribution is 5.77. The summed E-state index contributed by atoms with van der Waals surface area (Å²) in [5.41, 5.74) is 2.76. The maximum Gasteiger partial charge on any atom is 0.410 e. The average molecular weight is 613 g/mol.